The molecule has 2 aromatic heterocycles. The molecule has 2 heterocycles. The number of hydrogen-bond donors (Lipinski definition) is 1. The van der Waals surface area contributed by atoms with Crippen molar-refractivity contribution in [1.82, 2.24) is 24.4 Å². The maximum atomic E-state index is 12.4. The van der Waals surface area contributed by atoms with E-state index in [0.717, 1.165) is 27.4 Å². The number of hydrogen-bond acceptors (Lipinski definition) is 6. The van der Waals surface area contributed by atoms with Gasteiger partial charge < -0.3 is 0 Å². The van der Waals surface area contributed by atoms with Crippen molar-refractivity contribution in [3.8, 4) is 17.2 Å². The van der Waals surface area contributed by atoms with Crippen molar-refractivity contribution in [2.75, 3.05) is 5.32 Å². The van der Waals surface area contributed by atoms with E-state index in [1.807, 2.05) is 25.1 Å². The number of amides is 1. The fourth-order valence-corrected chi connectivity index (χ4v) is 3.61. The summed E-state index contributed by atoms with van der Waals surface area (Å²) >= 11 is 4.47. The van der Waals surface area contributed by atoms with Crippen LogP contribution in [-0.4, -0.2) is 30.3 Å². The number of carbonyl (C=O) groups is 1. The summed E-state index contributed by atoms with van der Waals surface area (Å²) in [6.45, 7) is 6.06. The van der Waals surface area contributed by atoms with Crippen molar-refractivity contribution in [1.29, 1.82) is 0 Å². The summed E-state index contributed by atoms with van der Waals surface area (Å²) in [6.07, 6.45) is 0. The predicted molar refractivity (Wildman–Crippen MR) is 117 cm³/mol. The summed E-state index contributed by atoms with van der Waals surface area (Å²) < 4.78 is 7.02. The summed E-state index contributed by atoms with van der Waals surface area (Å²) in [4.78, 5) is 16.8. The zero-order chi connectivity index (χ0) is 20.5. The topological polar surface area (TPSA) is 85.6 Å². The van der Waals surface area contributed by atoms with Gasteiger partial charge in [0.25, 0.3) is 5.91 Å². The lowest BCUT2D eigenvalue weighted by Gasteiger charge is -2.06. The van der Waals surface area contributed by atoms with E-state index >= 15 is 0 Å². The van der Waals surface area contributed by atoms with Gasteiger partial charge in [-0.1, -0.05) is 27.2 Å². The van der Waals surface area contributed by atoms with E-state index in [2.05, 4.69) is 66.9 Å². The van der Waals surface area contributed by atoms with Gasteiger partial charge in [-0.2, -0.15) is 9.36 Å². The summed E-state index contributed by atoms with van der Waals surface area (Å²) in [5, 5.41) is 11.7. The van der Waals surface area contributed by atoms with Gasteiger partial charge in [0.15, 0.2) is 11.5 Å². The third-order valence-electron chi connectivity index (χ3n) is 4.59. The standard InChI is InChI=1S/C20H17BrN6OS/c1-11-4-9-16(10-12(11)2)27-13(3)17(24-26-27)18-22-20(29-25-18)23-19(28)14-5-7-15(21)8-6-14/h4-10H,1-3H3,(H,22,23,25,28). The smallest absolute Gasteiger partial charge is 0.257 e. The van der Waals surface area contributed by atoms with Crippen LogP contribution >= 0.6 is 27.5 Å². The van der Waals surface area contributed by atoms with Crippen molar-refractivity contribution >= 4 is 38.5 Å². The van der Waals surface area contributed by atoms with E-state index in [1.165, 1.54) is 11.1 Å². The zero-order valence-electron chi connectivity index (χ0n) is 16.0. The first-order valence-corrected chi connectivity index (χ1v) is 10.4. The monoisotopic (exact) mass is 468 g/mol. The molecule has 0 aliphatic carbocycles. The van der Waals surface area contributed by atoms with Crippen molar-refractivity contribution in [2.45, 2.75) is 20.8 Å². The van der Waals surface area contributed by atoms with Crippen LogP contribution in [0.4, 0.5) is 5.13 Å². The quantitative estimate of drug-likeness (QED) is 0.467. The van der Waals surface area contributed by atoms with Gasteiger partial charge in [0.2, 0.25) is 5.13 Å². The Morgan fingerprint density at radius 2 is 1.83 bits per heavy atom. The molecule has 0 saturated carbocycles. The van der Waals surface area contributed by atoms with Crippen LogP contribution in [0.3, 0.4) is 0 Å². The number of anilines is 1. The number of aromatic nitrogens is 5. The lowest BCUT2D eigenvalue weighted by Crippen LogP contribution is -2.11. The fourth-order valence-electron chi connectivity index (χ4n) is 2.78. The van der Waals surface area contributed by atoms with Gasteiger partial charge in [0.1, 0.15) is 0 Å². The number of rotatable bonds is 4. The Labute approximate surface area is 180 Å². The summed E-state index contributed by atoms with van der Waals surface area (Å²) in [5.74, 6) is 0.199. The highest BCUT2D eigenvalue weighted by Gasteiger charge is 2.18. The molecule has 0 unspecified atom stereocenters. The Bertz CT molecular complexity index is 1200. The molecular weight excluding hydrogens is 452 g/mol. The molecule has 1 N–H and O–H groups in total. The van der Waals surface area contributed by atoms with Crippen molar-refractivity contribution < 1.29 is 4.79 Å². The Kier molecular flexibility index (Phi) is 5.25. The van der Waals surface area contributed by atoms with Gasteiger partial charge in [-0.05, 0) is 68.3 Å². The third kappa shape index (κ3) is 3.96. The molecule has 0 saturated heterocycles. The highest BCUT2D eigenvalue weighted by Crippen LogP contribution is 2.25. The van der Waals surface area contributed by atoms with E-state index < -0.39 is 0 Å². The van der Waals surface area contributed by atoms with Gasteiger partial charge in [0, 0.05) is 21.6 Å². The molecule has 7 nitrogen and oxygen atoms in total. The first kappa shape index (κ1) is 19.4. The van der Waals surface area contributed by atoms with Gasteiger partial charge in [0.05, 0.1) is 11.4 Å². The first-order valence-electron chi connectivity index (χ1n) is 8.83. The molecule has 0 spiro atoms. The van der Waals surface area contributed by atoms with Crippen molar-refractivity contribution in [2.24, 2.45) is 0 Å². The molecule has 0 aliphatic rings. The van der Waals surface area contributed by atoms with Gasteiger partial charge in [-0.15, -0.1) is 5.10 Å². The fraction of sp³-hybridized carbons (Fsp3) is 0.150. The molecule has 29 heavy (non-hydrogen) atoms. The molecule has 0 bridgehead atoms. The van der Waals surface area contributed by atoms with Gasteiger partial charge >= 0.3 is 0 Å². The molecule has 2 aromatic carbocycles. The van der Waals surface area contributed by atoms with E-state index in [1.54, 1.807) is 16.8 Å². The molecule has 4 aromatic rings. The SMILES string of the molecule is Cc1ccc(-n2nnc(-c3nsc(NC(=O)c4ccc(Br)cc4)n3)c2C)cc1C. The molecule has 0 fully saturated rings. The lowest BCUT2D eigenvalue weighted by molar-refractivity contribution is 0.102. The van der Waals surface area contributed by atoms with Crippen LogP contribution in [0.2, 0.25) is 0 Å². The second-order valence-electron chi connectivity index (χ2n) is 6.59. The van der Waals surface area contributed by atoms with E-state index in [-0.39, 0.29) is 5.91 Å². The molecule has 4 rings (SSSR count). The maximum absolute atomic E-state index is 12.4. The largest absolute Gasteiger partial charge is 0.297 e. The minimum Gasteiger partial charge on any atom is -0.297 e. The minimum absolute atomic E-state index is 0.240. The number of carbonyl (C=O) groups excluding carboxylic acids is 1. The Morgan fingerprint density at radius 3 is 2.55 bits per heavy atom. The summed E-state index contributed by atoms with van der Waals surface area (Å²) in [7, 11) is 0. The normalized spacial score (nSPS) is 10.9. The van der Waals surface area contributed by atoms with E-state index in [4.69, 9.17) is 0 Å². The number of nitrogens with one attached hydrogen (secondary N) is 1. The number of aryl methyl sites for hydroxylation is 2. The van der Waals surface area contributed by atoms with Crippen LogP contribution in [0.1, 0.15) is 27.2 Å². The molecule has 0 atom stereocenters. The maximum Gasteiger partial charge on any atom is 0.257 e. The molecule has 0 aliphatic heterocycles. The minimum atomic E-state index is -0.240. The predicted octanol–water partition coefficient (Wildman–Crippen LogP) is 4.73. The average Bonchev–Trinajstić information content (AvgIpc) is 3.31. The van der Waals surface area contributed by atoms with Crippen LogP contribution in [-0.2, 0) is 0 Å². The Morgan fingerprint density at radius 1 is 1.07 bits per heavy atom. The van der Waals surface area contributed by atoms with Crippen molar-refractivity contribution in [3.05, 3.63) is 69.3 Å². The molecule has 1 amide bonds. The molecular formula is C20H17BrN6OS. The third-order valence-corrected chi connectivity index (χ3v) is 5.75. The molecule has 146 valence electrons. The highest BCUT2D eigenvalue weighted by molar-refractivity contribution is 9.10. The number of nitrogens with zero attached hydrogens (tertiary/aromatic N) is 5. The summed E-state index contributed by atoms with van der Waals surface area (Å²) in [6, 6.07) is 13.2. The van der Waals surface area contributed by atoms with Crippen LogP contribution in [0.5, 0.6) is 0 Å². The van der Waals surface area contributed by atoms with Crippen molar-refractivity contribution in [3.63, 3.8) is 0 Å². The first-order chi connectivity index (χ1) is 13.9. The zero-order valence-corrected chi connectivity index (χ0v) is 18.4. The van der Waals surface area contributed by atoms with Crippen LogP contribution < -0.4 is 5.32 Å². The van der Waals surface area contributed by atoms with E-state index in [9.17, 15) is 4.79 Å². The molecule has 0 radical (unpaired) electrons. The Hall–Kier alpha value is -2.91. The average molecular weight is 469 g/mol. The van der Waals surface area contributed by atoms with Crippen LogP contribution in [0.25, 0.3) is 17.2 Å². The number of halogens is 1. The Balaban J connectivity index is 1.57. The lowest BCUT2D eigenvalue weighted by atomic mass is 10.1. The second-order valence-corrected chi connectivity index (χ2v) is 8.26. The highest BCUT2D eigenvalue weighted by atomic mass is 79.9. The molecule has 9 heteroatoms. The van der Waals surface area contributed by atoms with Gasteiger partial charge in [-0.3, -0.25) is 10.1 Å². The van der Waals surface area contributed by atoms with Gasteiger partial charge in [-0.25, -0.2) is 4.68 Å². The van der Waals surface area contributed by atoms with Crippen LogP contribution in [0, 0.1) is 20.8 Å². The van der Waals surface area contributed by atoms with Crippen LogP contribution in [0.15, 0.2) is 46.9 Å². The second kappa shape index (κ2) is 7.84. The van der Waals surface area contributed by atoms with E-state index in [0.29, 0.717) is 22.2 Å². The number of benzene rings is 2. The summed E-state index contributed by atoms with van der Waals surface area (Å²) in [5.41, 5.74) is 5.30.